The van der Waals surface area contributed by atoms with Crippen LogP contribution in [0.15, 0.2) is 48.6 Å². The summed E-state index contributed by atoms with van der Waals surface area (Å²) in [6.07, 6.45) is 92.1. The summed E-state index contributed by atoms with van der Waals surface area (Å²) in [5.74, 6) is -0.0565. The van der Waals surface area contributed by atoms with Crippen LogP contribution in [0.2, 0.25) is 0 Å². The van der Waals surface area contributed by atoms with Crippen molar-refractivity contribution in [3.8, 4) is 0 Å². The second-order valence-corrected chi connectivity index (χ2v) is 24.9. The molecule has 6 heteroatoms. The summed E-state index contributed by atoms with van der Waals surface area (Å²) in [6, 6.07) is -0.627. The summed E-state index contributed by atoms with van der Waals surface area (Å²) in [6.45, 7) is 4.90. The van der Waals surface area contributed by atoms with E-state index in [9.17, 15) is 19.8 Å². The van der Waals surface area contributed by atoms with Gasteiger partial charge in [0.2, 0.25) is 5.91 Å². The van der Waals surface area contributed by atoms with E-state index in [1.807, 2.05) is 6.08 Å². The van der Waals surface area contributed by atoms with Gasteiger partial charge in [0, 0.05) is 12.8 Å². The van der Waals surface area contributed by atoms with Gasteiger partial charge in [-0.05, 0) is 89.9 Å². The SMILES string of the molecule is CCCCC/C=C\CCCCCCCC(=O)OCCCCCCCCCCCCC/C=C\C/C=C\CCCCCCCCCCCCCCCCCCCC(=O)NC(CO)C(O)/C=C/CCCCCCCCCCCCCCCCC. The highest BCUT2D eigenvalue weighted by Crippen LogP contribution is 2.18. The third kappa shape index (κ3) is 66.8. The van der Waals surface area contributed by atoms with E-state index in [1.165, 1.54) is 315 Å². The Morgan fingerprint density at radius 3 is 0.975 bits per heavy atom. The number of nitrogens with one attached hydrogen (secondary N) is 1. The number of allylic oxidation sites excluding steroid dienone is 7. The highest BCUT2D eigenvalue weighted by atomic mass is 16.5. The third-order valence-corrected chi connectivity index (χ3v) is 16.8. The van der Waals surface area contributed by atoms with Crippen molar-refractivity contribution in [2.45, 2.75) is 405 Å². The number of aliphatic hydroxyl groups excluding tert-OH is 2. The molecule has 6 nitrogen and oxygen atoms in total. The average Bonchev–Trinajstić information content (AvgIpc) is 3.47. The largest absolute Gasteiger partial charge is 0.466 e. The van der Waals surface area contributed by atoms with E-state index in [0.717, 1.165) is 51.4 Å². The maximum atomic E-state index is 12.5. The Hall–Kier alpha value is -2.18. The number of amides is 1. The summed E-state index contributed by atoms with van der Waals surface area (Å²) in [4.78, 5) is 24.5. The van der Waals surface area contributed by atoms with E-state index in [4.69, 9.17) is 4.74 Å². The zero-order valence-electron chi connectivity index (χ0n) is 54.5. The first-order valence-electron chi connectivity index (χ1n) is 36.4. The highest BCUT2D eigenvalue weighted by Gasteiger charge is 2.18. The van der Waals surface area contributed by atoms with Crippen molar-refractivity contribution in [2.75, 3.05) is 13.2 Å². The lowest BCUT2D eigenvalue weighted by Gasteiger charge is -2.20. The molecule has 476 valence electrons. The van der Waals surface area contributed by atoms with Crippen molar-refractivity contribution in [1.82, 2.24) is 5.32 Å². The van der Waals surface area contributed by atoms with Gasteiger partial charge < -0.3 is 20.3 Å². The maximum absolute atomic E-state index is 12.5. The van der Waals surface area contributed by atoms with E-state index in [2.05, 4.69) is 55.6 Å². The van der Waals surface area contributed by atoms with Crippen LogP contribution in [-0.2, 0) is 14.3 Å². The van der Waals surface area contributed by atoms with E-state index in [0.29, 0.717) is 19.4 Å². The molecule has 0 rings (SSSR count). The van der Waals surface area contributed by atoms with E-state index >= 15 is 0 Å². The first-order chi connectivity index (χ1) is 40.0. The minimum Gasteiger partial charge on any atom is -0.466 e. The minimum atomic E-state index is -0.843. The molecule has 0 saturated heterocycles. The van der Waals surface area contributed by atoms with Crippen LogP contribution >= 0.6 is 0 Å². The molecular formula is C75H141NO5. The van der Waals surface area contributed by atoms with E-state index in [1.54, 1.807) is 6.08 Å². The number of unbranched alkanes of at least 4 members (excludes halogenated alkanes) is 51. The second-order valence-electron chi connectivity index (χ2n) is 24.9. The second kappa shape index (κ2) is 70.3. The topological polar surface area (TPSA) is 95.9 Å². The number of carbonyl (C=O) groups is 2. The minimum absolute atomic E-state index is 0.00647. The molecule has 0 radical (unpaired) electrons. The summed E-state index contributed by atoms with van der Waals surface area (Å²) < 4.78 is 5.47. The molecule has 0 fully saturated rings. The molecule has 2 atom stereocenters. The van der Waals surface area contributed by atoms with Gasteiger partial charge in [-0.3, -0.25) is 9.59 Å². The summed E-state index contributed by atoms with van der Waals surface area (Å²) >= 11 is 0. The zero-order valence-corrected chi connectivity index (χ0v) is 54.5. The van der Waals surface area contributed by atoms with Gasteiger partial charge in [0.25, 0.3) is 0 Å². The normalized spacial score (nSPS) is 12.8. The van der Waals surface area contributed by atoms with Gasteiger partial charge in [0.15, 0.2) is 0 Å². The lowest BCUT2D eigenvalue weighted by atomic mass is 10.0. The predicted octanol–water partition coefficient (Wildman–Crippen LogP) is 23.6. The van der Waals surface area contributed by atoms with Gasteiger partial charge in [-0.1, -0.05) is 339 Å². The van der Waals surface area contributed by atoms with E-state index in [-0.39, 0.29) is 18.5 Å². The Morgan fingerprint density at radius 2 is 0.617 bits per heavy atom. The Labute approximate surface area is 506 Å². The quantitative estimate of drug-likeness (QED) is 0.0320. The van der Waals surface area contributed by atoms with Gasteiger partial charge in [0.1, 0.15) is 0 Å². The molecule has 2 unspecified atom stereocenters. The van der Waals surface area contributed by atoms with Crippen LogP contribution < -0.4 is 5.32 Å². The first kappa shape index (κ1) is 78.8. The van der Waals surface area contributed by atoms with Crippen molar-refractivity contribution >= 4 is 11.9 Å². The molecule has 0 aromatic rings. The Kier molecular flexibility index (Phi) is 68.4. The summed E-state index contributed by atoms with van der Waals surface area (Å²) in [5, 5.41) is 23.2. The molecule has 0 aliphatic carbocycles. The van der Waals surface area contributed by atoms with Crippen molar-refractivity contribution in [2.24, 2.45) is 0 Å². The molecule has 0 saturated carbocycles. The van der Waals surface area contributed by atoms with E-state index < -0.39 is 12.1 Å². The van der Waals surface area contributed by atoms with Gasteiger partial charge >= 0.3 is 5.97 Å². The zero-order chi connectivity index (χ0) is 58.5. The van der Waals surface area contributed by atoms with Crippen molar-refractivity contribution in [3.05, 3.63) is 48.6 Å². The number of hydrogen-bond acceptors (Lipinski definition) is 5. The van der Waals surface area contributed by atoms with Crippen LogP contribution in [0.5, 0.6) is 0 Å². The molecule has 0 aliphatic rings. The van der Waals surface area contributed by atoms with Crippen LogP contribution in [-0.4, -0.2) is 47.4 Å². The summed E-state index contributed by atoms with van der Waals surface area (Å²) in [5.41, 5.74) is 0. The van der Waals surface area contributed by atoms with Gasteiger partial charge in [0.05, 0.1) is 25.4 Å². The molecule has 0 aromatic carbocycles. The number of ether oxygens (including phenoxy) is 1. The molecule has 0 heterocycles. The van der Waals surface area contributed by atoms with Crippen LogP contribution in [0.4, 0.5) is 0 Å². The number of hydrogen-bond donors (Lipinski definition) is 3. The number of rotatable bonds is 68. The van der Waals surface area contributed by atoms with Crippen LogP contribution in [0, 0.1) is 0 Å². The standard InChI is InChI=1S/C75H141NO5/c1-3-5-7-9-11-13-15-17-18-38-41-44-47-51-55-59-63-67-73(78)72(71-77)76-74(79)68-64-60-56-52-48-45-42-39-36-34-32-30-28-26-24-22-20-19-21-23-25-27-29-31-33-35-37-40-43-46-50-54-58-62-66-70-81-75(80)69-65-61-57-53-49-16-14-12-10-8-6-4-2/h12,14,21,23,27,29,63,67,72-73,77-78H,3-11,13,15-20,22,24-26,28,30-62,64-66,68-71H2,1-2H3,(H,76,79)/b14-12-,23-21-,29-27-,67-63+. The molecule has 0 spiro atoms. The van der Waals surface area contributed by atoms with Gasteiger partial charge in [-0.2, -0.15) is 0 Å². The average molecular weight is 1140 g/mol. The van der Waals surface area contributed by atoms with Crippen molar-refractivity contribution in [3.63, 3.8) is 0 Å². The maximum Gasteiger partial charge on any atom is 0.305 e. The fourth-order valence-corrected chi connectivity index (χ4v) is 11.3. The molecule has 1 amide bonds. The Morgan fingerprint density at radius 1 is 0.346 bits per heavy atom. The fourth-order valence-electron chi connectivity index (χ4n) is 11.3. The molecule has 0 bridgehead atoms. The monoisotopic (exact) mass is 1140 g/mol. The van der Waals surface area contributed by atoms with Crippen LogP contribution in [0.1, 0.15) is 393 Å². The first-order valence-corrected chi connectivity index (χ1v) is 36.4. The lowest BCUT2D eigenvalue weighted by molar-refractivity contribution is -0.143. The highest BCUT2D eigenvalue weighted by molar-refractivity contribution is 5.76. The molecule has 3 N–H and O–H groups in total. The molecule has 0 aromatic heterocycles. The Balaban J connectivity index is 3.39. The van der Waals surface area contributed by atoms with Crippen molar-refractivity contribution < 1.29 is 24.5 Å². The smallest absolute Gasteiger partial charge is 0.305 e. The van der Waals surface area contributed by atoms with Crippen LogP contribution in [0.3, 0.4) is 0 Å². The third-order valence-electron chi connectivity index (χ3n) is 16.8. The number of esters is 1. The Bertz CT molecular complexity index is 1360. The van der Waals surface area contributed by atoms with Crippen LogP contribution in [0.25, 0.3) is 0 Å². The molecular weight excluding hydrogens is 995 g/mol. The molecule has 81 heavy (non-hydrogen) atoms. The summed E-state index contributed by atoms with van der Waals surface area (Å²) in [7, 11) is 0. The lowest BCUT2D eigenvalue weighted by Crippen LogP contribution is -2.45. The van der Waals surface area contributed by atoms with Gasteiger partial charge in [-0.25, -0.2) is 0 Å². The number of aliphatic hydroxyl groups is 2. The fraction of sp³-hybridized carbons (Fsp3) is 0.867. The van der Waals surface area contributed by atoms with Gasteiger partial charge in [-0.15, -0.1) is 0 Å². The van der Waals surface area contributed by atoms with Crippen molar-refractivity contribution in [1.29, 1.82) is 0 Å². The molecule has 0 aliphatic heterocycles. The number of carbonyl (C=O) groups excluding carboxylic acids is 2. The predicted molar refractivity (Wildman–Crippen MR) is 356 cm³/mol.